The Morgan fingerprint density at radius 3 is 2.93 bits per heavy atom. The molecule has 0 aromatic carbocycles. The van der Waals surface area contributed by atoms with E-state index in [9.17, 15) is 0 Å². The van der Waals surface area contributed by atoms with Crippen LogP contribution in [0.15, 0.2) is 28.4 Å². The van der Waals surface area contributed by atoms with Crippen LogP contribution < -0.4 is 5.73 Å². The SMILES string of the molecule is CCCSc1ccc(/C(N)=N/O)nc1. The van der Waals surface area contributed by atoms with Crippen molar-refractivity contribution in [1.29, 1.82) is 0 Å². The monoisotopic (exact) mass is 211 g/mol. The summed E-state index contributed by atoms with van der Waals surface area (Å²) >= 11 is 1.74. The molecule has 76 valence electrons. The Kier molecular flexibility index (Phi) is 4.25. The molecule has 0 unspecified atom stereocenters. The molecule has 0 radical (unpaired) electrons. The van der Waals surface area contributed by atoms with Gasteiger partial charge in [-0.05, 0) is 24.3 Å². The normalized spacial score (nSPS) is 11.6. The minimum atomic E-state index is 0.0389. The van der Waals surface area contributed by atoms with Crippen molar-refractivity contribution in [3.05, 3.63) is 24.0 Å². The summed E-state index contributed by atoms with van der Waals surface area (Å²) in [5, 5.41) is 11.3. The van der Waals surface area contributed by atoms with Crippen LogP contribution in [0, 0.1) is 0 Å². The van der Waals surface area contributed by atoms with Crippen LogP contribution in [0.25, 0.3) is 0 Å². The van der Waals surface area contributed by atoms with Crippen LogP contribution in [0.5, 0.6) is 0 Å². The predicted octanol–water partition coefficient (Wildman–Crippen LogP) is 1.68. The number of nitrogens with zero attached hydrogens (tertiary/aromatic N) is 2. The van der Waals surface area contributed by atoms with E-state index < -0.39 is 0 Å². The van der Waals surface area contributed by atoms with Crippen molar-refractivity contribution in [1.82, 2.24) is 4.98 Å². The van der Waals surface area contributed by atoms with Crippen molar-refractivity contribution in [2.75, 3.05) is 5.75 Å². The van der Waals surface area contributed by atoms with Crippen molar-refractivity contribution >= 4 is 17.6 Å². The fourth-order valence-corrected chi connectivity index (χ4v) is 1.62. The zero-order valence-corrected chi connectivity index (χ0v) is 8.79. The number of oxime groups is 1. The standard InChI is InChI=1S/C9H13N3OS/c1-2-5-14-7-3-4-8(11-6-7)9(10)12-13/h3-4,6,13H,2,5H2,1H3,(H2,10,12). The lowest BCUT2D eigenvalue weighted by molar-refractivity contribution is 0.318. The summed E-state index contributed by atoms with van der Waals surface area (Å²) in [6.45, 7) is 2.13. The Bertz CT molecular complexity index is 310. The van der Waals surface area contributed by atoms with E-state index in [1.54, 1.807) is 24.0 Å². The molecule has 14 heavy (non-hydrogen) atoms. The maximum absolute atomic E-state index is 8.42. The Hall–Kier alpha value is -1.23. The molecular weight excluding hydrogens is 198 g/mol. The third-order valence-electron chi connectivity index (χ3n) is 1.58. The van der Waals surface area contributed by atoms with Crippen LogP contribution in [0.3, 0.4) is 0 Å². The molecule has 3 N–H and O–H groups in total. The summed E-state index contributed by atoms with van der Waals surface area (Å²) in [4.78, 5) is 5.16. The first-order valence-corrected chi connectivity index (χ1v) is 5.33. The summed E-state index contributed by atoms with van der Waals surface area (Å²) < 4.78 is 0. The van der Waals surface area contributed by atoms with Gasteiger partial charge in [-0.2, -0.15) is 0 Å². The molecular formula is C9H13N3OS. The van der Waals surface area contributed by atoms with E-state index >= 15 is 0 Å². The van der Waals surface area contributed by atoms with E-state index in [2.05, 4.69) is 17.1 Å². The molecule has 1 heterocycles. The molecule has 0 aliphatic carbocycles. The summed E-state index contributed by atoms with van der Waals surface area (Å²) in [6, 6.07) is 3.66. The zero-order chi connectivity index (χ0) is 10.4. The second-order valence-corrected chi connectivity index (χ2v) is 3.88. The summed E-state index contributed by atoms with van der Waals surface area (Å²) in [7, 11) is 0. The minimum absolute atomic E-state index is 0.0389. The molecule has 0 atom stereocenters. The number of hydrogen-bond acceptors (Lipinski definition) is 4. The molecule has 1 rings (SSSR count). The molecule has 0 spiro atoms. The van der Waals surface area contributed by atoms with E-state index in [1.165, 1.54) is 0 Å². The Morgan fingerprint density at radius 1 is 1.64 bits per heavy atom. The van der Waals surface area contributed by atoms with Crippen molar-refractivity contribution in [2.45, 2.75) is 18.2 Å². The molecule has 0 saturated heterocycles. The van der Waals surface area contributed by atoms with Crippen LogP contribution in [-0.4, -0.2) is 21.8 Å². The lowest BCUT2D eigenvalue weighted by Gasteiger charge is -2.00. The molecule has 1 aromatic heterocycles. The first-order valence-electron chi connectivity index (χ1n) is 4.34. The van der Waals surface area contributed by atoms with Crippen molar-refractivity contribution in [3.63, 3.8) is 0 Å². The molecule has 5 heteroatoms. The molecule has 0 amide bonds. The lowest BCUT2D eigenvalue weighted by Crippen LogP contribution is -2.14. The van der Waals surface area contributed by atoms with E-state index in [1.807, 2.05) is 6.07 Å². The number of aromatic nitrogens is 1. The van der Waals surface area contributed by atoms with Gasteiger partial charge in [0.05, 0.1) is 0 Å². The van der Waals surface area contributed by atoms with E-state index in [-0.39, 0.29) is 5.84 Å². The van der Waals surface area contributed by atoms with Gasteiger partial charge in [-0.15, -0.1) is 11.8 Å². The van der Waals surface area contributed by atoms with E-state index in [0.717, 1.165) is 17.1 Å². The van der Waals surface area contributed by atoms with Gasteiger partial charge in [-0.25, -0.2) is 0 Å². The van der Waals surface area contributed by atoms with Crippen molar-refractivity contribution < 1.29 is 5.21 Å². The minimum Gasteiger partial charge on any atom is -0.409 e. The Balaban J connectivity index is 2.68. The maximum Gasteiger partial charge on any atom is 0.188 e. The molecule has 0 aliphatic rings. The number of rotatable bonds is 4. The number of thioether (sulfide) groups is 1. The topological polar surface area (TPSA) is 71.5 Å². The van der Waals surface area contributed by atoms with Crippen LogP contribution >= 0.6 is 11.8 Å². The van der Waals surface area contributed by atoms with Crippen LogP contribution in [0.2, 0.25) is 0 Å². The number of pyridine rings is 1. The van der Waals surface area contributed by atoms with Crippen LogP contribution in [0.1, 0.15) is 19.0 Å². The van der Waals surface area contributed by atoms with Gasteiger partial charge in [0.1, 0.15) is 5.69 Å². The van der Waals surface area contributed by atoms with Gasteiger partial charge in [0.2, 0.25) is 0 Å². The fourth-order valence-electron chi connectivity index (χ4n) is 0.888. The average Bonchev–Trinajstić information content (AvgIpc) is 2.26. The summed E-state index contributed by atoms with van der Waals surface area (Å²) in [6.07, 6.45) is 2.86. The Labute approximate surface area is 87.2 Å². The highest BCUT2D eigenvalue weighted by Crippen LogP contribution is 2.17. The van der Waals surface area contributed by atoms with Gasteiger partial charge < -0.3 is 10.9 Å². The summed E-state index contributed by atoms with van der Waals surface area (Å²) in [5.41, 5.74) is 5.87. The molecule has 0 saturated carbocycles. The number of nitrogens with two attached hydrogens (primary N) is 1. The van der Waals surface area contributed by atoms with E-state index in [4.69, 9.17) is 10.9 Å². The smallest absolute Gasteiger partial charge is 0.188 e. The highest BCUT2D eigenvalue weighted by Gasteiger charge is 2.00. The molecule has 1 aromatic rings. The summed E-state index contributed by atoms with van der Waals surface area (Å²) in [5.74, 6) is 1.11. The van der Waals surface area contributed by atoms with E-state index in [0.29, 0.717) is 5.69 Å². The van der Waals surface area contributed by atoms with Crippen LogP contribution in [-0.2, 0) is 0 Å². The van der Waals surface area contributed by atoms with Crippen molar-refractivity contribution in [3.8, 4) is 0 Å². The number of amidine groups is 1. The van der Waals surface area contributed by atoms with Gasteiger partial charge in [0.15, 0.2) is 5.84 Å². The second-order valence-electron chi connectivity index (χ2n) is 2.71. The lowest BCUT2D eigenvalue weighted by atomic mass is 10.3. The van der Waals surface area contributed by atoms with Gasteiger partial charge in [-0.1, -0.05) is 12.1 Å². The molecule has 0 bridgehead atoms. The maximum atomic E-state index is 8.42. The third kappa shape index (κ3) is 2.92. The van der Waals surface area contributed by atoms with Gasteiger partial charge in [0.25, 0.3) is 0 Å². The first kappa shape index (κ1) is 10.8. The fraction of sp³-hybridized carbons (Fsp3) is 0.333. The zero-order valence-electron chi connectivity index (χ0n) is 7.97. The highest BCUT2D eigenvalue weighted by molar-refractivity contribution is 7.99. The third-order valence-corrected chi connectivity index (χ3v) is 2.77. The van der Waals surface area contributed by atoms with Crippen LogP contribution in [0.4, 0.5) is 0 Å². The predicted molar refractivity (Wildman–Crippen MR) is 57.8 cm³/mol. The average molecular weight is 211 g/mol. The van der Waals surface area contributed by atoms with Gasteiger partial charge in [-0.3, -0.25) is 4.98 Å². The molecule has 0 fully saturated rings. The Morgan fingerprint density at radius 2 is 2.43 bits per heavy atom. The number of hydrogen-bond donors (Lipinski definition) is 2. The second kappa shape index (κ2) is 5.49. The quantitative estimate of drug-likeness (QED) is 0.261. The molecule has 4 nitrogen and oxygen atoms in total. The largest absolute Gasteiger partial charge is 0.409 e. The highest BCUT2D eigenvalue weighted by atomic mass is 32.2. The van der Waals surface area contributed by atoms with Gasteiger partial charge >= 0.3 is 0 Å². The first-order chi connectivity index (χ1) is 6.77. The van der Waals surface area contributed by atoms with Crippen molar-refractivity contribution in [2.24, 2.45) is 10.9 Å². The van der Waals surface area contributed by atoms with Gasteiger partial charge in [0, 0.05) is 11.1 Å². The molecule has 0 aliphatic heterocycles.